The molecule has 0 aromatic heterocycles. The molecule has 4 rings (SSSR count). The van der Waals surface area contributed by atoms with Crippen LogP contribution in [0, 0.1) is 5.41 Å². The van der Waals surface area contributed by atoms with E-state index in [1.807, 2.05) is 0 Å². The molecule has 0 amide bonds. The Morgan fingerprint density at radius 1 is 0.875 bits per heavy atom. The maximum Gasteiger partial charge on any atom is 0.330 e. The van der Waals surface area contributed by atoms with Gasteiger partial charge in [-0.1, -0.05) is 64.2 Å². The highest BCUT2D eigenvalue weighted by Gasteiger charge is 2.57. The van der Waals surface area contributed by atoms with Crippen LogP contribution in [0.4, 0.5) is 0 Å². The first-order valence-electron chi connectivity index (χ1n) is 20.3. The van der Waals surface area contributed by atoms with Gasteiger partial charge in [0.15, 0.2) is 6.10 Å². The molecule has 0 aliphatic carbocycles. The van der Waals surface area contributed by atoms with Gasteiger partial charge in [-0.2, -0.15) is 0 Å². The molecule has 0 radical (unpaired) electrons. The number of fused-ring (bicyclic) bond motifs is 6. The standard InChI is InChI=1S/C42H64O14/c1-6-7-8-9-10-14-36(45)55-40-28(21-38(47)51-5)20-34-25-35(26-43)54-39(48)23-29(44)22-30-12-11-13-31(52-30)24-33-18-27(19-37(46)50-4)17-32(53-33)15-16-41(2,3)42(40,49)56-34/h15-16,19,21,29-35,40,43-44,49H,6-14,17-18,20,22-26H2,1-5H3/b16-15-,27-19-,28-21+/t29-,30+,31-,32+,33+,34+,35-,40+,42-/m1/s1. The van der Waals surface area contributed by atoms with Gasteiger partial charge in [-0.3, -0.25) is 9.59 Å². The van der Waals surface area contributed by atoms with Crippen LogP contribution in [0.5, 0.6) is 0 Å². The van der Waals surface area contributed by atoms with E-state index in [4.69, 9.17) is 33.2 Å². The lowest BCUT2D eigenvalue weighted by molar-refractivity contribution is -0.327. The SMILES string of the molecule is CCCCCCCC(=O)O[C@H]1/C(=C/C(=O)OC)C[C@H]2C[C@H](CO)OC(=O)C[C@H](O)C[C@@H]3CCC[C@H](C[C@@H]4C/C(=C\C(=O)OC)C[C@H](/C=C\C(C)(C)[C@]1(O)O2)O4)O3. The summed E-state index contributed by atoms with van der Waals surface area (Å²) in [4.78, 5) is 51.6. The van der Waals surface area contributed by atoms with Crippen molar-refractivity contribution in [2.24, 2.45) is 5.41 Å². The number of rotatable bonds is 10. The van der Waals surface area contributed by atoms with Gasteiger partial charge in [0.1, 0.15) is 6.10 Å². The fourth-order valence-corrected chi connectivity index (χ4v) is 8.09. The Bertz CT molecular complexity index is 1420. The molecule has 3 N–H and O–H groups in total. The van der Waals surface area contributed by atoms with Gasteiger partial charge >= 0.3 is 23.9 Å². The summed E-state index contributed by atoms with van der Waals surface area (Å²) in [6.45, 7) is 4.92. The lowest BCUT2D eigenvalue weighted by atomic mass is 9.74. The van der Waals surface area contributed by atoms with Crippen molar-refractivity contribution in [1.82, 2.24) is 0 Å². The van der Waals surface area contributed by atoms with Crippen LogP contribution < -0.4 is 0 Å². The third kappa shape index (κ3) is 13.2. The van der Waals surface area contributed by atoms with Gasteiger partial charge in [0.05, 0.1) is 63.9 Å². The molecule has 0 spiro atoms. The summed E-state index contributed by atoms with van der Waals surface area (Å²) in [5.74, 6) is -4.82. The Morgan fingerprint density at radius 3 is 2.27 bits per heavy atom. The van der Waals surface area contributed by atoms with Crippen molar-refractivity contribution >= 4 is 23.9 Å². The van der Waals surface area contributed by atoms with E-state index >= 15 is 0 Å². The fourth-order valence-electron chi connectivity index (χ4n) is 8.09. The molecule has 3 fully saturated rings. The highest BCUT2D eigenvalue weighted by atomic mass is 16.7. The highest BCUT2D eigenvalue weighted by Crippen LogP contribution is 2.47. The Labute approximate surface area is 330 Å². The molecule has 3 saturated heterocycles. The van der Waals surface area contributed by atoms with Crippen LogP contribution in [0.25, 0.3) is 0 Å². The number of carbonyl (C=O) groups is 4. The summed E-state index contributed by atoms with van der Waals surface area (Å²) in [5, 5.41) is 34.0. The van der Waals surface area contributed by atoms with E-state index < -0.39 is 72.2 Å². The molecule has 0 aromatic carbocycles. The van der Waals surface area contributed by atoms with E-state index in [0.717, 1.165) is 50.5 Å². The molecule has 14 heteroatoms. The fraction of sp³-hybridized carbons (Fsp3) is 0.762. The molecule has 9 atom stereocenters. The zero-order chi connectivity index (χ0) is 40.9. The van der Waals surface area contributed by atoms with Crippen molar-refractivity contribution in [2.75, 3.05) is 20.8 Å². The summed E-state index contributed by atoms with van der Waals surface area (Å²) < 4.78 is 40.9. The van der Waals surface area contributed by atoms with Crippen molar-refractivity contribution in [3.05, 3.63) is 35.5 Å². The van der Waals surface area contributed by atoms with Crippen LogP contribution in [-0.4, -0.2) is 115 Å². The normalized spacial score (nSPS) is 34.8. The van der Waals surface area contributed by atoms with Gasteiger partial charge < -0.3 is 48.5 Å². The van der Waals surface area contributed by atoms with Crippen LogP contribution >= 0.6 is 0 Å². The number of hydrogen-bond acceptors (Lipinski definition) is 14. The minimum Gasteiger partial charge on any atom is -0.466 e. The number of aliphatic hydroxyl groups is 3. The van der Waals surface area contributed by atoms with Crippen LogP contribution in [0.15, 0.2) is 35.5 Å². The Balaban J connectivity index is 1.75. The maximum atomic E-state index is 13.4. The Hall–Kier alpha value is -3.14. The minimum absolute atomic E-state index is 0.0301. The summed E-state index contributed by atoms with van der Waals surface area (Å²) >= 11 is 0. The van der Waals surface area contributed by atoms with E-state index in [1.54, 1.807) is 26.0 Å². The third-order valence-electron chi connectivity index (χ3n) is 11.2. The number of cyclic esters (lactones) is 1. The van der Waals surface area contributed by atoms with E-state index in [0.29, 0.717) is 25.7 Å². The first-order chi connectivity index (χ1) is 26.7. The molecule has 0 aromatic rings. The number of esters is 4. The molecular weight excluding hydrogens is 728 g/mol. The number of aliphatic hydroxyl groups excluding tert-OH is 2. The van der Waals surface area contributed by atoms with Gasteiger partial charge in [0.2, 0.25) is 5.79 Å². The highest BCUT2D eigenvalue weighted by molar-refractivity contribution is 5.83. The second-order valence-electron chi connectivity index (χ2n) is 16.2. The zero-order valence-electron chi connectivity index (χ0n) is 33.8. The monoisotopic (exact) mass is 792 g/mol. The predicted molar refractivity (Wildman–Crippen MR) is 203 cm³/mol. The summed E-state index contributed by atoms with van der Waals surface area (Å²) in [6.07, 6.45) is 8.35. The van der Waals surface area contributed by atoms with E-state index in [1.165, 1.54) is 26.4 Å². The largest absolute Gasteiger partial charge is 0.466 e. The lowest BCUT2D eigenvalue weighted by Gasteiger charge is -2.51. The van der Waals surface area contributed by atoms with Crippen LogP contribution in [0.2, 0.25) is 0 Å². The molecule has 56 heavy (non-hydrogen) atoms. The number of unbranched alkanes of at least 4 members (excludes halogenated alkanes) is 4. The summed E-state index contributed by atoms with van der Waals surface area (Å²) in [7, 11) is 2.53. The van der Waals surface area contributed by atoms with Crippen molar-refractivity contribution in [2.45, 2.75) is 178 Å². The Kier molecular flexibility index (Phi) is 17.5. The van der Waals surface area contributed by atoms with Crippen molar-refractivity contribution in [3.63, 3.8) is 0 Å². The second kappa shape index (κ2) is 21.6. The zero-order valence-corrected chi connectivity index (χ0v) is 33.8. The average molecular weight is 793 g/mol. The van der Waals surface area contributed by atoms with Gasteiger partial charge in [0.25, 0.3) is 0 Å². The molecule has 0 saturated carbocycles. The minimum atomic E-state index is -2.30. The van der Waals surface area contributed by atoms with Crippen molar-refractivity contribution in [1.29, 1.82) is 0 Å². The summed E-state index contributed by atoms with van der Waals surface area (Å²) in [6, 6.07) is 0. The molecule has 4 aliphatic heterocycles. The predicted octanol–water partition coefficient (Wildman–Crippen LogP) is 4.84. The van der Waals surface area contributed by atoms with Crippen LogP contribution in [0.3, 0.4) is 0 Å². The van der Waals surface area contributed by atoms with E-state index in [2.05, 4.69) is 6.92 Å². The van der Waals surface area contributed by atoms with Crippen molar-refractivity contribution < 1.29 is 67.7 Å². The molecule has 316 valence electrons. The van der Waals surface area contributed by atoms with Crippen molar-refractivity contribution in [3.8, 4) is 0 Å². The molecule has 0 unspecified atom stereocenters. The second-order valence-corrected chi connectivity index (χ2v) is 16.2. The molecule has 4 aliphatic rings. The lowest BCUT2D eigenvalue weighted by Crippen LogP contribution is -2.62. The van der Waals surface area contributed by atoms with Gasteiger partial charge in [0, 0.05) is 43.3 Å². The van der Waals surface area contributed by atoms with Gasteiger partial charge in [-0.05, 0) is 50.5 Å². The molecule has 6 bridgehead atoms. The first kappa shape index (κ1) is 45.6. The topological polar surface area (TPSA) is 194 Å². The first-order valence-corrected chi connectivity index (χ1v) is 20.3. The maximum absolute atomic E-state index is 13.4. The van der Waals surface area contributed by atoms with Gasteiger partial charge in [-0.15, -0.1) is 0 Å². The number of methoxy groups -OCH3 is 2. The third-order valence-corrected chi connectivity index (χ3v) is 11.2. The Morgan fingerprint density at radius 2 is 1.57 bits per heavy atom. The van der Waals surface area contributed by atoms with Gasteiger partial charge in [-0.25, -0.2) is 9.59 Å². The number of ether oxygens (including phenoxy) is 7. The summed E-state index contributed by atoms with van der Waals surface area (Å²) in [5.41, 5.74) is -0.299. The van der Waals surface area contributed by atoms with E-state index in [9.17, 15) is 34.5 Å². The quantitative estimate of drug-likeness (QED) is 0.0895. The molecule has 14 nitrogen and oxygen atoms in total. The molecule has 4 heterocycles. The number of hydrogen-bond donors (Lipinski definition) is 3. The van der Waals surface area contributed by atoms with E-state index in [-0.39, 0.29) is 56.0 Å². The van der Waals surface area contributed by atoms with Crippen LogP contribution in [0.1, 0.15) is 124 Å². The number of carbonyl (C=O) groups excluding carboxylic acids is 4. The molecular formula is C42H64O14. The smallest absolute Gasteiger partial charge is 0.330 e. The average Bonchev–Trinajstić information content (AvgIpc) is 3.14. The van der Waals surface area contributed by atoms with Crippen LogP contribution in [-0.2, 0) is 52.3 Å².